The lowest BCUT2D eigenvalue weighted by Crippen LogP contribution is -2.50. The number of hydrogen-bond donors (Lipinski definition) is 2. The Labute approximate surface area is 171 Å². The van der Waals surface area contributed by atoms with Crippen LogP contribution in [0.4, 0.5) is 0 Å². The van der Waals surface area contributed by atoms with E-state index in [-0.39, 0.29) is 23.8 Å². The fourth-order valence-electron chi connectivity index (χ4n) is 6.33. The average Bonchev–Trinajstić information content (AvgIpc) is 2.57. The van der Waals surface area contributed by atoms with Gasteiger partial charge in [0.2, 0.25) is 5.91 Å². The topological polar surface area (TPSA) is 67.4 Å². The summed E-state index contributed by atoms with van der Waals surface area (Å²) in [6.07, 6.45) is 8.14. The van der Waals surface area contributed by atoms with E-state index in [1.807, 2.05) is 13.8 Å². The first-order chi connectivity index (χ1) is 13.3. The summed E-state index contributed by atoms with van der Waals surface area (Å²) in [4.78, 5) is 24.6. The molecule has 5 nitrogen and oxygen atoms in total. The summed E-state index contributed by atoms with van der Waals surface area (Å²) in [5.74, 6) is 2.63. The number of hydrazine groups is 1. The molecule has 28 heavy (non-hydrogen) atoms. The van der Waals surface area contributed by atoms with Crippen LogP contribution in [-0.2, 0) is 9.59 Å². The number of halogens is 1. The number of carbonyl (C=O) groups is 2. The molecule has 4 aliphatic carbocycles. The standard InChI is InChI=1S/C22H29ClN2O3/c1-13-3-18(23)4-14(2)21(13)28-12-20(27)25-24-19(26)11-22-8-15-5-16(9-22)7-17(6-15)10-22/h3-4,15-17H,5-12H2,1-2H3,(H,24,26)(H,25,27). The van der Waals surface area contributed by atoms with Crippen LogP contribution in [-0.4, -0.2) is 18.4 Å². The van der Waals surface area contributed by atoms with Gasteiger partial charge in [0.15, 0.2) is 6.61 Å². The zero-order valence-corrected chi connectivity index (χ0v) is 17.4. The average molecular weight is 405 g/mol. The van der Waals surface area contributed by atoms with Gasteiger partial charge in [-0.2, -0.15) is 0 Å². The van der Waals surface area contributed by atoms with Crippen molar-refractivity contribution in [1.29, 1.82) is 0 Å². The Morgan fingerprint density at radius 3 is 2.04 bits per heavy atom. The summed E-state index contributed by atoms with van der Waals surface area (Å²) in [6, 6.07) is 3.60. The molecule has 2 N–H and O–H groups in total. The van der Waals surface area contributed by atoms with Crippen molar-refractivity contribution in [2.75, 3.05) is 6.61 Å². The zero-order valence-electron chi connectivity index (χ0n) is 16.6. The predicted octanol–water partition coefficient (Wildman–Crippen LogP) is 4.09. The van der Waals surface area contributed by atoms with Crippen LogP contribution in [0.3, 0.4) is 0 Å². The van der Waals surface area contributed by atoms with Crippen LogP contribution in [0.1, 0.15) is 56.1 Å². The van der Waals surface area contributed by atoms with Gasteiger partial charge in [-0.25, -0.2) is 0 Å². The number of carbonyl (C=O) groups excluding carboxylic acids is 2. The normalized spacial score (nSPS) is 30.2. The minimum atomic E-state index is -0.368. The summed E-state index contributed by atoms with van der Waals surface area (Å²) >= 11 is 6.02. The second-order valence-electron chi connectivity index (χ2n) is 9.35. The molecular weight excluding hydrogens is 376 g/mol. The Kier molecular flexibility index (Phi) is 5.30. The van der Waals surface area contributed by atoms with Gasteiger partial charge < -0.3 is 4.74 Å². The second-order valence-corrected chi connectivity index (χ2v) is 9.78. The molecule has 4 fully saturated rings. The van der Waals surface area contributed by atoms with E-state index in [0.717, 1.165) is 28.9 Å². The molecule has 4 aliphatic rings. The van der Waals surface area contributed by atoms with Crippen LogP contribution in [0.5, 0.6) is 5.75 Å². The van der Waals surface area contributed by atoms with Gasteiger partial charge in [0.1, 0.15) is 5.75 Å². The van der Waals surface area contributed by atoms with Crippen LogP contribution in [0.15, 0.2) is 12.1 Å². The number of amides is 2. The Hall–Kier alpha value is -1.75. The number of hydrogen-bond acceptors (Lipinski definition) is 3. The predicted molar refractivity (Wildman–Crippen MR) is 108 cm³/mol. The highest BCUT2D eigenvalue weighted by atomic mass is 35.5. The number of nitrogens with one attached hydrogen (secondary N) is 2. The van der Waals surface area contributed by atoms with E-state index in [0.29, 0.717) is 17.2 Å². The largest absolute Gasteiger partial charge is 0.483 e. The van der Waals surface area contributed by atoms with Gasteiger partial charge >= 0.3 is 0 Å². The smallest absolute Gasteiger partial charge is 0.276 e. The Balaban J connectivity index is 1.25. The zero-order chi connectivity index (χ0) is 19.9. The molecule has 0 heterocycles. The highest BCUT2D eigenvalue weighted by Gasteiger charge is 2.51. The van der Waals surface area contributed by atoms with Gasteiger partial charge in [-0.05, 0) is 98.8 Å². The first-order valence-corrected chi connectivity index (χ1v) is 10.7. The lowest BCUT2D eigenvalue weighted by Gasteiger charge is -2.56. The molecule has 6 heteroatoms. The summed E-state index contributed by atoms with van der Waals surface area (Å²) in [5.41, 5.74) is 7.01. The third-order valence-corrected chi connectivity index (χ3v) is 7.03. The Bertz CT molecular complexity index is 734. The molecule has 152 valence electrons. The van der Waals surface area contributed by atoms with Crippen molar-refractivity contribution in [3.63, 3.8) is 0 Å². The third-order valence-electron chi connectivity index (χ3n) is 6.81. The van der Waals surface area contributed by atoms with E-state index in [2.05, 4.69) is 10.9 Å². The third kappa shape index (κ3) is 4.14. The molecule has 2 amide bonds. The summed E-state index contributed by atoms with van der Waals surface area (Å²) in [5, 5.41) is 0.642. The lowest BCUT2D eigenvalue weighted by molar-refractivity contribution is -0.134. The number of rotatable bonds is 5. The molecule has 0 aromatic heterocycles. The molecule has 5 rings (SSSR count). The van der Waals surface area contributed by atoms with E-state index in [1.54, 1.807) is 12.1 Å². The van der Waals surface area contributed by atoms with E-state index >= 15 is 0 Å². The van der Waals surface area contributed by atoms with Gasteiger partial charge in [0, 0.05) is 11.4 Å². The molecule has 1 aromatic rings. The summed E-state index contributed by atoms with van der Waals surface area (Å²) in [7, 11) is 0. The SMILES string of the molecule is Cc1cc(Cl)cc(C)c1OCC(=O)NNC(=O)CC12CC3CC(CC(C3)C1)C2. The molecular formula is C22H29ClN2O3. The van der Waals surface area contributed by atoms with Crippen LogP contribution in [0, 0.1) is 37.0 Å². The second kappa shape index (κ2) is 7.58. The first kappa shape index (κ1) is 19.6. The van der Waals surface area contributed by atoms with E-state index < -0.39 is 0 Å². The Morgan fingerprint density at radius 2 is 1.50 bits per heavy atom. The molecule has 0 aliphatic heterocycles. The minimum absolute atomic E-state index is 0.0887. The van der Waals surface area contributed by atoms with Gasteiger partial charge in [-0.1, -0.05) is 11.6 Å². The fourth-order valence-corrected chi connectivity index (χ4v) is 6.66. The van der Waals surface area contributed by atoms with E-state index in [1.165, 1.54) is 38.5 Å². The molecule has 0 radical (unpaired) electrons. The van der Waals surface area contributed by atoms with Crippen molar-refractivity contribution in [1.82, 2.24) is 10.9 Å². The summed E-state index contributed by atoms with van der Waals surface area (Å²) in [6.45, 7) is 3.62. The maximum Gasteiger partial charge on any atom is 0.276 e. The molecule has 1 aromatic carbocycles. The number of ether oxygens (including phenoxy) is 1. The van der Waals surface area contributed by atoms with Crippen molar-refractivity contribution in [2.45, 2.75) is 58.8 Å². The van der Waals surface area contributed by atoms with Crippen molar-refractivity contribution in [3.05, 3.63) is 28.3 Å². The molecule has 0 saturated heterocycles. The quantitative estimate of drug-likeness (QED) is 0.726. The number of aryl methyl sites for hydroxylation is 2. The maximum absolute atomic E-state index is 12.5. The van der Waals surface area contributed by atoms with E-state index in [9.17, 15) is 9.59 Å². The van der Waals surface area contributed by atoms with Crippen LogP contribution < -0.4 is 15.6 Å². The molecule has 4 bridgehead atoms. The van der Waals surface area contributed by atoms with E-state index in [4.69, 9.17) is 16.3 Å². The van der Waals surface area contributed by atoms with Crippen molar-refractivity contribution in [2.24, 2.45) is 23.2 Å². The van der Waals surface area contributed by atoms with Crippen LogP contribution >= 0.6 is 11.6 Å². The molecule has 0 atom stereocenters. The highest BCUT2D eigenvalue weighted by Crippen LogP contribution is 2.61. The van der Waals surface area contributed by atoms with Gasteiger partial charge in [0.05, 0.1) is 0 Å². The van der Waals surface area contributed by atoms with Gasteiger partial charge in [-0.3, -0.25) is 20.4 Å². The van der Waals surface area contributed by atoms with Gasteiger partial charge in [0.25, 0.3) is 5.91 Å². The molecule has 0 spiro atoms. The van der Waals surface area contributed by atoms with Crippen LogP contribution in [0.25, 0.3) is 0 Å². The van der Waals surface area contributed by atoms with Crippen molar-refractivity contribution >= 4 is 23.4 Å². The lowest BCUT2D eigenvalue weighted by atomic mass is 9.49. The maximum atomic E-state index is 12.5. The molecule has 4 saturated carbocycles. The van der Waals surface area contributed by atoms with Gasteiger partial charge in [-0.15, -0.1) is 0 Å². The minimum Gasteiger partial charge on any atom is -0.483 e. The highest BCUT2D eigenvalue weighted by molar-refractivity contribution is 6.30. The first-order valence-electron chi connectivity index (χ1n) is 10.3. The molecule has 0 unspecified atom stereocenters. The summed E-state index contributed by atoms with van der Waals surface area (Å²) < 4.78 is 5.63. The van der Waals surface area contributed by atoms with Crippen molar-refractivity contribution < 1.29 is 14.3 Å². The fraction of sp³-hybridized carbons (Fsp3) is 0.636. The number of benzene rings is 1. The Morgan fingerprint density at radius 1 is 1.00 bits per heavy atom. The van der Waals surface area contributed by atoms with Crippen molar-refractivity contribution in [3.8, 4) is 5.75 Å². The van der Waals surface area contributed by atoms with Crippen LogP contribution in [0.2, 0.25) is 5.02 Å². The monoisotopic (exact) mass is 404 g/mol.